The Bertz CT molecular complexity index is 371. The molecule has 1 saturated heterocycles. The predicted molar refractivity (Wildman–Crippen MR) is 80.0 cm³/mol. The molecule has 0 radical (unpaired) electrons. The smallest absolute Gasteiger partial charge is 0.327 e. The van der Waals surface area contributed by atoms with E-state index < -0.39 is 12.0 Å². The molecule has 0 aromatic heterocycles. The average Bonchev–Trinajstić information content (AvgIpc) is 3.23. The van der Waals surface area contributed by atoms with Crippen LogP contribution < -0.4 is 0 Å². The molecule has 1 heterocycles. The highest BCUT2D eigenvalue weighted by Crippen LogP contribution is 2.30. The van der Waals surface area contributed by atoms with Crippen molar-refractivity contribution in [2.75, 3.05) is 24.6 Å². The number of carboxylic acid groups (broad SMARTS) is 1. The molecular weight excluding hydrogens is 276 g/mol. The van der Waals surface area contributed by atoms with Crippen LogP contribution in [0.4, 0.5) is 4.79 Å². The molecule has 1 aliphatic carbocycles. The van der Waals surface area contributed by atoms with E-state index in [1.54, 1.807) is 16.7 Å². The first kappa shape index (κ1) is 15.5. The number of carbonyl (C=O) groups is 2. The normalized spacial score (nSPS) is 22.9. The zero-order valence-corrected chi connectivity index (χ0v) is 13.1. The Hall–Kier alpha value is -0.910. The van der Waals surface area contributed by atoms with Crippen LogP contribution in [0.2, 0.25) is 0 Å². The highest BCUT2D eigenvalue weighted by molar-refractivity contribution is 7.99. The third kappa shape index (κ3) is 3.81. The molecule has 2 rings (SSSR count). The third-order valence-corrected chi connectivity index (χ3v) is 4.86. The van der Waals surface area contributed by atoms with E-state index in [0.717, 1.165) is 31.6 Å². The number of hydrogen-bond acceptors (Lipinski definition) is 3. The maximum atomic E-state index is 12.7. The number of amides is 2. The second-order valence-corrected chi connectivity index (χ2v) is 7.16. The second-order valence-electron chi connectivity index (χ2n) is 6.01. The standard InChI is InChI=1S/C14H24N2O3S/c1-10(2)5-6-15(11-3-4-11)14(19)16-7-8-20-9-12(16)13(17)18/h10-12H,3-9H2,1-2H3,(H,17,18). The fourth-order valence-electron chi connectivity index (χ4n) is 2.42. The van der Waals surface area contributed by atoms with Gasteiger partial charge >= 0.3 is 12.0 Å². The van der Waals surface area contributed by atoms with Gasteiger partial charge in [0.15, 0.2) is 0 Å². The quantitative estimate of drug-likeness (QED) is 0.845. The summed E-state index contributed by atoms with van der Waals surface area (Å²) in [5.41, 5.74) is 0. The van der Waals surface area contributed by atoms with E-state index in [1.807, 2.05) is 4.90 Å². The van der Waals surface area contributed by atoms with E-state index in [0.29, 0.717) is 24.3 Å². The van der Waals surface area contributed by atoms with Crippen molar-refractivity contribution in [1.82, 2.24) is 9.80 Å². The second kappa shape index (κ2) is 6.70. The van der Waals surface area contributed by atoms with Crippen LogP contribution in [0.5, 0.6) is 0 Å². The lowest BCUT2D eigenvalue weighted by Gasteiger charge is -2.37. The minimum absolute atomic E-state index is 0.0687. The van der Waals surface area contributed by atoms with Crippen molar-refractivity contribution in [2.45, 2.75) is 45.2 Å². The number of carboxylic acids is 1. The highest BCUT2D eigenvalue weighted by Gasteiger charge is 2.39. The highest BCUT2D eigenvalue weighted by atomic mass is 32.2. The molecule has 2 fully saturated rings. The van der Waals surface area contributed by atoms with E-state index >= 15 is 0 Å². The summed E-state index contributed by atoms with van der Waals surface area (Å²) < 4.78 is 0. The zero-order chi connectivity index (χ0) is 14.7. The van der Waals surface area contributed by atoms with Gasteiger partial charge in [-0.25, -0.2) is 9.59 Å². The average molecular weight is 300 g/mol. The van der Waals surface area contributed by atoms with Crippen molar-refractivity contribution >= 4 is 23.8 Å². The van der Waals surface area contributed by atoms with Crippen LogP contribution in [0.15, 0.2) is 0 Å². The first-order chi connectivity index (χ1) is 9.50. The van der Waals surface area contributed by atoms with Gasteiger partial charge in [-0.3, -0.25) is 0 Å². The maximum absolute atomic E-state index is 12.7. The molecule has 2 aliphatic rings. The summed E-state index contributed by atoms with van der Waals surface area (Å²) in [5.74, 6) is 1.00. The van der Waals surface area contributed by atoms with Crippen LogP contribution in [0.3, 0.4) is 0 Å². The molecule has 0 bridgehead atoms. The zero-order valence-electron chi connectivity index (χ0n) is 12.2. The Morgan fingerprint density at radius 3 is 2.65 bits per heavy atom. The van der Waals surface area contributed by atoms with Gasteiger partial charge < -0.3 is 14.9 Å². The Kier molecular flexibility index (Phi) is 5.18. The lowest BCUT2D eigenvalue weighted by molar-refractivity contribution is -0.141. The SMILES string of the molecule is CC(C)CCN(C(=O)N1CCSCC1C(=O)O)C1CC1. The number of carbonyl (C=O) groups excluding carboxylic acids is 1. The molecule has 1 aliphatic heterocycles. The minimum atomic E-state index is -0.884. The van der Waals surface area contributed by atoms with Gasteiger partial charge in [-0.1, -0.05) is 13.8 Å². The van der Waals surface area contributed by atoms with Gasteiger partial charge in [-0.05, 0) is 25.2 Å². The summed E-state index contributed by atoms with van der Waals surface area (Å²) in [6, 6.07) is -0.396. The minimum Gasteiger partial charge on any atom is -0.480 e. The molecule has 114 valence electrons. The molecule has 0 spiro atoms. The van der Waals surface area contributed by atoms with Crippen LogP contribution >= 0.6 is 11.8 Å². The third-order valence-electron chi connectivity index (χ3n) is 3.84. The Balaban J connectivity index is 2.03. The van der Waals surface area contributed by atoms with Gasteiger partial charge in [-0.2, -0.15) is 11.8 Å². The lowest BCUT2D eigenvalue weighted by Crippen LogP contribution is -2.55. The van der Waals surface area contributed by atoms with E-state index in [-0.39, 0.29) is 6.03 Å². The van der Waals surface area contributed by atoms with Crippen molar-refractivity contribution < 1.29 is 14.7 Å². The van der Waals surface area contributed by atoms with E-state index in [9.17, 15) is 14.7 Å². The van der Waals surface area contributed by atoms with E-state index in [2.05, 4.69) is 13.8 Å². The summed E-state index contributed by atoms with van der Waals surface area (Å²) in [5, 5.41) is 9.29. The molecule has 1 unspecified atom stereocenters. The Labute approximate surface area is 124 Å². The van der Waals surface area contributed by atoms with Gasteiger partial charge in [0.2, 0.25) is 0 Å². The Morgan fingerprint density at radius 2 is 2.10 bits per heavy atom. The van der Waals surface area contributed by atoms with Gasteiger partial charge in [0, 0.05) is 30.6 Å². The summed E-state index contributed by atoms with van der Waals surface area (Å²) in [7, 11) is 0. The molecule has 5 nitrogen and oxygen atoms in total. The van der Waals surface area contributed by atoms with Gasteiger partial charge in [-0.15, -0.1) is 0 Å². The largest absolute Gasteiger partial charge is 0.480 e. The van der Waals surface area contributed by atoms with E-state index in [1.165, 1.54) is 0 Å². The monoisotopic (exact) mass is 300 g/mol. The summed E-state index contributed by atoms with van der Waals surface area (Å²) >= 11 is 1.61. The first-order valence-electron chi connectivity index (χ1n) is 7.38. The summed E-state index contributed by atoms with van der Waals surface area (Å²) in [6.45, 7) is 5.59. The van der Waals surface area contributed by atoms with Gasteiger partial charge in [0.1, 0.15) is 6.04 Å². The number of nitrogens with zero attached hydrogens (tertiary/aromatic N) is 2. The van der Waals surface area contributed by atoms with Crippen molar-refractivity contribution in [3.8, 4) is 0 Å². The first-order valence-corrected chi connectivity index (χ1v) is 8.54. The number of rotatable bonds is 5. The van der Waals surface area contributed by atoms with Crippen molar-refractivity contribution in [3.05, 3.63) is 0 Å². The topological polar surface area (TPSA) is 60.9 Å². The number of urea groups is 1. The predicted octanol–water partition coefficient (Wildman–Crippen LogP) is 2.12. The van der Waals surface area contributed by atoms with Gasteiger partial charge in [0.05, 0.1) is 0 Å². The van der Waals surface area contributed by atoms with Crippen molar-refractivity contribution in [3.63, 3.8) is 0 Å². The molecule has 0 aromatic rings. The maximum Gasteiger partial charge on any atom is 0.327 e. The molecule has 1 N–H and O–H groups in total. The number of hydrogen-bond donors (Lipinski definition) is 1. The Morgan fingerprint density at radius 1 is 1.40 bits per heavy atom. The summed E-state index contributed by atoms with van der Waals surface area (Å²) in [4.78, 5) is 27.5. The van der Waals surface area contributed by atoms with Crippen LogP contribution in [-0.2, 0) is 4.79 Å². The molecule has 1 atom stereocenters. The molecular formula is C14H24N2O3S. The van der Waals surface area contributed by atoms with Crippen LogP contribution in [0.25, 0.3) is 0 Å². The molecule has 1 saturated carbocycles. The summed E-state index contributed by atoms with van der Waals surface area (Å²) in [6.07, 6.45) is 3.09. The molecule has 0 aromatic carbocycles. The number of thioether (sulfide) groups is 1. The van der Waals surface area contributed by atoms with Crippen LogP contribution in [-0.4, -0.2) is 63.6 Å². The van der Waals surface area contributed by atoms with Crippen LogP contribution in [0, 0.1) is 5.92 Å². The molecule has 6 heteroatoms. The number of aliphatic carboxylic acids is 1. The van der Waals surface area contributed by atoms with Crippen molar-refractivity contribution in [1.29, 1.82) is 0 Å². The van der Waals surface area contributed by atoms with Gasteiger partial charge in [0.25, 0.3) is 0 Å². The lowest BCUT2D eigenvalue weighted by atomic mass is 10.1. The van der Waals surface area contributed by atoms with Crippen molar-refractivity contribution in [2.24, 2.45) is 5.92 Å². The fourth-order valence-corrected chi connectivity index (χ4v) is 3.46. The fraction of sp³-hybridized carbons (Fsp3) is 0.857. The van der Waals surface area contributed by atoms with E-state index in [4.69, 9.17) is 0 Å². The molecule has 20 heavy (non-hydrogen) atoms. The molecule has 2 amide bonds. The van der Waals surface area contributed by atoms with Crippen LogP contribution in [0.1, 0.15) is 33.1 Å².